The van der Waals surface area contributed by atoms with Gasteiger partial charge in [0.05, 0.1) is 0 Å². The number of benzene rings is 1. The van der Waals surface area contributed by atoms with Gasteiger partial charge in [0.2, 0.25) is 0 Å². The van der Waals surface area contributed by atoms with Gasteiger partial charge in [-0.1, -0.05) is 15.9 Å². The second kappa shape index (κ2) is 4.01. The van der Waals surface area contributed by atoms with Crippen LogP contribution in [0.5, 0.6) is 0 Å². The van der Waals surface area contributed by atoms with Crippen LogP contribution in [0.15, 0.2) is 16.6 Å². The van der Waals surface area contributed by atoms with Gasteiger partial charge in [0, 0.05) is 28.3 Å². The van der Waals surface area contributed by atoms with E-state index in [0.717, 1.165) is 26.8 Å². The number of rotatable bonds is 1. The molecule has 1 N–H and O–H groups in total. The third-order valence-corrected chi connectivity index (χ3v) is 3.44. The molecular weight excluding hydrogens is 271 g/mol. The van der Waals surface area contributed by atoms with Gasteiger partial charge in [0.25, 0.3) is 0 Å². The van der Waals surface area contributed by atoms with Crippen LogP contribution in [0.1, 0.15) is 11.3 Å². The van der Waals surface area contributed by atoms with Crippen LogP contribution in [0.2, 0.25) is 0 Å². The first-order chi connectivity index (χ1) is 7.56. The molecule has 0 aliphatic carbocycles. The lowest BCUT2D eigenvalue weighted by Gasteiger charge is -2.13. The predicted octanol–water partition coefficient (Wildman–Crippen LogP) is 3.79. The van der Waals surface area contributed by atoms with Crippen molar-refractivity contribution in [1.29, 1.82) is 0 Å². The Morgan fingerprint density at radius 3 is 2.62 bits per heavy atom. The fourth-order valence-corrected chi connectivity index (χ4v) is 2.34. The minimum atomic E-state index is -0.294. The molecule has 0 aliphatic heterocycles. The summed E-state index contributed by atoms with van der Waals surface area (Å²) in [6.07, 6.45) is 0. The predicted molar refractivity (Wildman–Crippen MR) is 68.4 cm³/mol. The van der Waals surface area contributed by atoms with E-state index in [1.165, 1.54) is 6.07 Å². The number of aromatic nitrogens is 1. The van der Waals surface area contributed by atoms with E-state index in [2.05, 4.69) is 26.2 Å². The van der Waals surface area contributed by atoms with Crippen molar-refractivity contribution in [1.82, 2.24) is 4.98 Å². The second-order valence-electron chi connectivity index (χ2n) is 3.70. The Bertz CT molecular complexity index is 567. The third-order valence-electron chi connectivity index (χ3n) is 2.78. The Morgan fingerprint density at radius 1 is 1.31 bits per heavy atom. The first-order valence-electron chi connectivity index (χ1n) is 4.99. The molecule has 0 bridgehead atoms. The van der Waals surface area contributed by atoms with Gasteiger partial charge in [-0.2, -0.15) is 0 Å². The van der Waals surface area contributed by atoms with Gasteiger partial charge in [-0.15, -0.1) is 0 Å². The van der Waals surface area contributed by atoms with Crippen LogP contribution in [0, 0.1) is 19.7 Å². The smallest absolute Gasteiger partial charge is 0.149 e. The largest absolute Gasteiger partial charge is 0.387 e. The first kappa shape index (κ1) is 11.3. The summed E-state index contributed by atoms with van der Waals surface area (Å²) < 4.78 is 14.5. The van der Waals surface area contributed by atoms with Gasteiger partial charge >= 0.3 is 0 Å². The molecule has 0 aliphatic rings. The number of fused-ring (bicyclic) bond motifs is 1. The van der Waals surface area contributed by atoms with Crippen LogP contribution < -0.4 is 5.32 Å². The minimum Gasteiger partial charge on any atom is -0.387 e. The van der Waals surface area contributed by atoms with Crippen LogP contribution in [0.4, 0.5) is 10.1 Å². The highest BCUT2D eigenvalue weighted by Crippen LogP contribution is 2.34. The van der Waals surface area contributed by atoms with Crippen molar-refractivity contribution in [3.63, 3.8) is 0 Å². The number of pyridine rings is 1. The molecule has 2 nitrogen and oxygen atoms in total. The van der Waals surface area contributed by atoms with Crippen molar-refractivity contribution < 1.29 is 4.39 Å². The molecule has 4 heteroatoms. The Kier molecular flexibility index (Phi) is 2.84. The molecular formula is C12H12BrFN2. The normalized spacial score (nSPS) is 10.8. The fourth-order valence-electron chi connectivity index (χ4n) is 1.82. The Morgan fingerprint density at radius 2 is 2.00 bits per heavy atom. The molecule has 2 rings (SSSR count). The van der Waals surface area contributed by atoms with Crippen LogP contribution in [-0.2, 0) is 0 Å². The molecule has 0 saturated heterocycles. The molecule has 16 heavy (non-hydrogen) atoms. The zero-order valence-electron chi connectivity index (χ0n) is 9.36. The Labute approximate surface area is 102 Å². The molecule has 0 saturated carbocycles. The molecule has 1 heterocycles. The maximum absolute atomic E-state index is 13.7. The van der Waals surface area contributed by atoms with Crippen molar-refractivity contribution in [2.45, 2.75) is 13.8 Å². The van der Waals surface area contributed by atoms with Crippen LogP contribution in [0.3, 0.4) is 0 Å². The van der Waals surface area contributed by atoms with E-state index in [-0.39, 0.29) is 5.82 Å². The summed E-state index contributed by atoms with van der Waals surface area (Å²) in [5.74, 6) is -0.294. The summed E-state index contributed by atoms with van der Waals surface area (Å²) >= 11 is 3.43. The molecule has 0 atom stereocenters. The summed E-state index contributed by atoms with van der Waals surface area (Å²) in [5, 5.41) is 3.91. The SMILES string of the molecule is CNc1c(C)c(C)nc2c(F)ccc(Br)c12. The first-order valence-corrected chi connectivity index (χ1v) is 5.78. The van der Waals surface area contributed by atoms with Crippen LogP contribution >= 0.6 is 15.9 Å². The molecule has 2 aromatic rings. The lowest BCUT2D eigenvalue weighted by Crippen LogP contribution is -2.00. The molecule has 84 valence electrons. The van der Waals surface area contributed by atoms with Crippen molar-refractivity contribution in [2.75, 3.05) is 12.4 Å². The number of hydrogen-bond donors (Lipinski definition) is 1. The summed E-state index contributed by atoms with van der Waals surface area (Å²) in [5.41, 5.74) is 3.21. The molecule has 0 radical (unpaired) electrons. The van der Waals surface area contributed by atoms with Crippen molar-refractivity contribution >= 4 is 32.5 Å². The molecule has 1 aromatic carbocycles. The number of halogens is 2. The summed E-state index contributed by atoms with van der Waals surface area (Å²) in [6, 6.07) is 3.13. The van der Waals surface area contributed by atoms with E-state index in [4.69, 9.17) is 0 Å². The molecule has 0 amide bonds. The van der Waals surface area contributed by atoms with Crippen molar-refractivity contribution in [2.24, 2.45) is 0 Å². The van der Waals surface area contributed by atoms with E-state index in [0.29, 0.717) is 5.52 Å². The highest BCUT2D eigenvalue weighted by molar-refractivity contribution is 9.10. The van der Waals surface area contributed by atoms with Crippen LogP contribution in [0.25, 0.3) is 10.9 Å². The Hall–Kier alpha value is -1.16. The quantitative estimate of drug-likeness (QED) is 0.861. The number of nitrogens with zero attached hydrogens (tertiary/aromatic N) is 1. The number of hydrogen-bond acceptors (Lipinski definition) is 2. The maximum Gasteiger partial charge on any atom is 0.149 e. The lowest BCUT2D eigenvalue weighted by atomic mass is 10.1. The third kappa shape index (κ3) is 1.57. The number of nitrogens with one attached hydrogen (secondary N) is 1. The van der Waals surface area contributed by atoms with E-state index < -0.39 is 0 Å². The van der Waals surface area contributed by atoms with Gasteiger partial charge in [0.15, 0.2) is 0 Å². The molecule has 1 aromatic heterocycles. The second-order valence-corrected chi connectivity index (χ2v) is 4.55. The zero-order valence-corrected chi connectivity index (χ0v) is 10.9. The topological polar surface area (TPSA) is 24.9 Å². The van der Waals surface area contributed by atoms with E-state index in [9.17, 15) is 4.39 Å². The highest BCUT2D eigenvalue weighted by atomic mass is 79.9. The molecule has 0 spiro atoms. The van der Waals surface area contributed by atoms with Gasteiger partial charge in [0.1, 0.15) is 11.3 Å². The standard InChI is InChI=1S/C12H12BrFN2/c1-6-7(2)16-12-9(14)5-4-8(13)10(12)11(6)15-3/h4-5H,1-3H3,(H,15,16). The van der Waals surface area contributed by atoms with Crippen LogP contribution in [-0.4, -0.2) is 12.0 Å². The zero-order chi connectivity index (χ0) is 11.9. The average molecular weight is 283 g/mol. The van der Waals surface area contributed by atoms with Gasteiger partial charge < -0.3 is 5.32 Å². The minimum absolute atomic E-state index is 0.294. The maximum atomic E-state index is 13.7. The fraction of sp³-hybridized carbons (Fsp3) is 0.250. The van der Waals surface area contributed by atoms with E-state index in [1.807, 2.05) is 20.9 Å². The molecule has 0 fully saturated rings. The van der Waals surface area contributed by atoms with Gasteiger partial charge in [-0.05, 0) is 31.5 Å². The summed E-state index contributed by atoms with van der Waals surface area (Å²) in [4.78, 5) is 4.30. The summed E-state index contributed by atoms with van der Waals surface area (Å²) in [6.45, 7) is 3.86. The number of anilines is 1. The van der Waals surface area contributed by atoms with E-state index >= 15 is 0 Å². The van der Waals surface area contributed by atoms with Crippen molar-refractivity contribution in [3.05, 3.63) is 33.7 Å². The van der Waals surface area contributed by atoms with E-state index in [1.54, 1.807) is 6.07 Å². The lowest BCUT2D eigenvalue weighted by molar-refractivity contribution is 0.636. The molecule has 0 unspecified atom stereocenters. The average Bonchev–Trinajstić information content (AvgIpc) is 2.26. The van der Waals surface area contributed by atoms with Crippen molar-refractivity contribution in [3.8, 4) is 0 Å². The summed E-state index contributed by atoms with van der Waals surface area (Å²) in [7, 11) is 1.83. The number of aryl methyl sites for hydroxylation is 1. The highest BCUT2D eigenvalue weighted by Gasteiger charge is 2.13. The monoisotopic (exact) mass is 282 g/mol. The van der Waals surface area contributed by atoms with Gasteiger partial charge in [-0.3, -0.25) is 0 Å². The van der Waals surface area contributed by atoms with Gasteiger partial charge in [-0.25, -0.2) is 9.37 Å². The Balaban J connectivity index is 3.02.